The van der Waals surface area contributed by atoms with Crippen molar-refractivity contribution < 1.29 is 21.8 Å². The number of hydrogen-bond acceptors (Lipinski definition) is 3. The Labute approximate surface area is 113 Å². The van der Waals surface area contributed by atoms with Crippen LogP contribution in [0.2, 0.25) is 18.1 Å². The van der Waals surface area contributed by atoms with E-state index in [1.54, 1.807) is 0 Å². The van der Waals surface area contributed by atoms with Crippen molar-refractivity contribution in [3.05, 3.63) is 0 Å². The van der Waals surface area contributed by atoms with Crippen molar-refractivity contribution in [2.24, 2.45) is 0 Å². The molecular formula is C13H22O4Si. The zero-order valence-corrected chi connectivity index (χ0v) is 12.5. The minimum atomic E-state index is -2.39. The standard InChI is InChI=1S/C13H22O4Si/c1-7-13(11(14)15)10(8-9-16-13)17-18(5,6)12(2,3)4/h1,10H,8-9H2,2-6H3,(H,14,15)/i8D2. The normalized spacial score (nSPS) is 33.4. The maximum atomic E-state index is 11.5. The van der Waals surface area contributed by atoms with Crippen molar-refractivity contribution in [3.63, 3.8) is 0 Å². The summed E-state index contributed by atoms with van der Waals surface area (Å²) in [4.78, 5) is 11.5. The van der Waals surface area contributed by atoms with Gasteiger partial charge in [-0.05, 0) is 18.1 Å². The van der Waals surface area contributed by atoms with E-state index in [-0.39, 0.29) is 11.6 Å². The van der Waals surface area contributed by atoms with E-state index in [1.165, 1.54) is 0 Å². The molecule has 1 heterocycles. The van der Waals surface area contributed by atoms with E-state index in [4.69, 9.17) is 18.3 Å². The highest BCUT2D eigenvalue weighted by Crippen LogP contribution is 2.40. The lowest BCUT2D eigenvalue weighted by molar-refractivity contribution is -0.159. The van der Waals surface area contributed by atoms with Crippen LogP contribution in [-0.2, 0) is 14.0 Å². The Kier molecular flexibility index (Phi) is 3.18. The molecule has 4 nitrogen and oxygen atoms in total. The van der Waals surface area contributed by atoms with E-state index in [1.807, 2.05) is 33.9 Å². The van der Waals surface area contributed by atoms with Crippen LogP contribution < -0.4 is 0 Å². The molecular weight excluding hydrogens is 248 g/mol. The summed E-state index contributed by atoms with van der Waals surface area (Å²) in [6, 6.07) is 0. The summed E-state index contributed by atoms with van der Waals surface area (Å²) in [5.41, 5.74) is -2.06. The molecule has 1 saturated heterocycles. The van der Waals surface area contributed by atoms with E-state index in [9.17, 15) is 9.90 Å². The fourth-order valence-electron chi connectivity index (χ4n) is 1.40. The predicted octanol–water partition coefficient (Wildman–Crippen LogP) is 2.25. The van der Waals surface area contributed by atoms with Crippen LogP contribution in [-0.4, -0.2) is 37.7 Å². The summed E-state index contributed by atoms with van der Waals surface area (Å²) in [5.74, 6) is 0.708. The van der Waals surface area contributed by atoms with Crippen LogP contribution in [0, 0.1) is 12.3 Å². The highest BCUT2D eigenvalue weighted by molar-refractivity contribution is 6.74. The minimum Gasteiger partial charge on any atom is -0.478 e. The fraction of sp³-hybridized carbons (Fsp3) is 0.769. The molecule has 0 bridgehead atoms. The summed E-state index contributed by atoms with van der Waals surface area (Å²) in [6.45, 7) is 9.42. The smallest absolute Gasteiger partial charge is 0.351 e. The van der Waals surface area contributed by atoms with Crippen LogP contribution in [0.25, 0.3) is 0 Å². The number of carboxylic acid groups (broad SMARTS) is 1. The van der Waals surface area contributed by atoms with Gasteiger partial charge < -0.3 is 14.3 Å². The Bertz CT molecular complexity index is 450. The maximum absolute atomic E-state index is 11.5. The monoisotopic (exact) mass is 272 g/mol. The molecule has 0 spiro atoms. The van der Waals surface area contributed by atoms with Crippen LogP contribution in [0.15, 0.2) is 0 Å². The summed E-state index contributed by atoms with van der Waals surface area (Å²) in [6.07, 6.45) is 2.08. The van der Waals surface area contributed by atoms with Crippen LogP contribution in [0.3, 0.4) is 0 Å². The van der Waals surface area contributed by atoms with Crippen molar-refractivity contribution >= 4 is 14.3 Å². The number of carbonyl (C=O) groups is 1. The highest BCUT2D eigenvalue weighted by atomic mass is 28.4. The molecule has 0 aromatic carbocycles. The van der Waals surface area contributed by atoms with Gasteiger partial charge >= 0.3 is 5.97 Å². The third-order valence-electron chi connectivity index (χ3n) is 3.69. The van der Waals surface area contributed by atoms with E-state index < -0.39 is 32.4 Å². The van der Waals surface area contributed by atoms with Gasteiger partial charge in [0.2, 0.25) is 0 Å². The second-order valence-corrected chi connectivity index (χ2v) is 10.7. The van der Waals surface area contributed by atoms with Gasteiger partial charge in [-0.15, -0.1) is 6.42 Å². The molecule has 2 unspecified atom stereocenters. The number of terminal acetylenes is 1. The van der Waals surface area contributed by atoms with Gasteiger partial charge in [-0.3, -0.25) is 0 Å². The molecule has 1 N–H and O–H groups in total. The SMILES string of the molecule is [2H]C1([2H])COC(C#C)(C(=O)O)C1O[Si](C)(C)C(C)(C)C. The first-order chi connectivity index (χ1) is 8.80. The van der Waals surface area contributed by atoms with Gasteiger partial charge in [0.1, 0.15) is 0 Å². The number of ether oxygens (including phenoxy) is 1. The topological polar surface area (TPSA) is 55.8 Å². The van der Waals surface area contributed by atoms with E-state index in [2.05, 4.69) is 5.92 Å². The quantitative estimate of drug-likeness (QED) is 0.632. The Balaban J connectivity index is 3.24. The zero-order valence-electron chi connectivity index (χ0n) is 13.5. The maximum Gasteiger partial charge on any atom is 0.351 e. The average Bonchev–Trinajstić information content (AvgIpc) is 2.50. The molecule has 2 atom stereocenters. The average molecular weight is 272 g/mol. The van der Waals surface area contributed by atoms with Crippen molar-refractivity contribution in [1.82, 2.24) is 0 Å². The molecule has 0 amide bonds. The molecule has 1 fully saturated rings. The molecule has 0 aromatic rings. The van der Waals surface area contributed by atoms with Gasteiger partial charge in [0, 0.05) is 9.11 Å². The van der Waals surface area contributed by atoms with Gasteiger partial charge in [-0.25, -0.2) is 4.79 Å². The summed E-state index contributed by atoms with van der Waals surface area (Å²) >= 11 is 0. The molecule has 18 heavy (non-hydrogen) atoms. The minimum absolute atomic E-state index is 0.190. The molecule has 1 aliphatic rings. The first kappa shape index (κ1) is 12.2. The number of rotatable bonds is 3. The van der Waals surface area contributed by atoms with Crippen LogP contribution >= 0.6 is 0 Å². The van der Waals surface area contributed by atoms with Crippen molar-refractivity contribution in [2.75, 3.05) is 6.61 Å². The third-order valence-corrected chi connectivity index (χ3v) is 8.13. The Morgan fingerprint density at radius 3 is 2.61 bits per heavy atom. The number of hydrogen-bond donors (Lipinski definition) is 1. The molecule has 0 aromatic heterocycles. The van der Waals surface area contributed by atoms with Crippen LogP contribution in [0.1, 0.15) is 29.9 Å². The van der Waals surface area contributed by atoms with Crippen molar-refractivity contribution in [3.8, 4) is 12.3 Å². The largest absolute Gasteiger partial charge is 0.478 e. The van der Waals surface area contributed by atoms with Gasteiger partial charge in [0.05, 0.1) is 12.7 Å². The molecule has 5 heteroatoms. The Morgan fingerprint density at radius 2 is 2.22 bits per heavy atom. The first-order valence-electron chi connectivity index (χ1n) is 6.83. The zero-order chi connectivity index (χ0) is 16.0. The molecule has 1 rings (SSSR count). The van der Waals surface area contributed by atoms with Gasteiger partial charge in [0.15, 0.2) is 8.32 Å². The Hall–Kier alpha value is -0.833. The second kappa shape index (κ2) is 4.69. The molecule has 0 saturated carbocycles. The lowest BCUT2D eigenvalue weighted by Gasteiger charge is -2.40. The molecule has 0 aliphatic carbocycles. The molecule has 1 aliphatic heterocycles. The predicted molar refractivity (Wildman–Crippen MR) is 71.8 cm³/mol. The molecule has 102 valence electrons. The molecule has 0 radical (unpaired) electrons. The van der Waals surface area contributed by atoms with E-state index >= 15 is 0 Å². The van der Waals surface area contributed by atoms with Crippen LogP contribution in [0.5, 0.6) is 0 Å². The summed E-state index contributed by atoms with van der Waals surface area (Å²) < 4.78 is 27.0. The second-order valence-electron chi connectivity index (χ2n) is 5.94. The van der Waals surface area contributed by atoms with E-state index in [0.29, 0.717) is 0 Å². The highest BCUT2D eigenvalue weighted by Gasteiger charge is 2.54. The summed E-state index contributed by atoms with van der Waals surface area (Å²) in [5, 5.41) is 9.18. The first-order valence-corrected chi connectivity index (χ1v) is 8.74. The van der Waals surface area contributed by atoms with Gasteiger partial charge in [-0.1, -0.05) is 26.7 Å². The lowest BCUT2D eigenvalue weighted by atomic mass is 9.98. The van der Waals surface area contributed by atoms with Crippen molar-refractivity contribution in [1.29, 1.82) is 0 Å². The number of aliphatic carboxylic acids is 1. The number of carboxylic acids is 1. The lowest BCUT2D eigenvalue weighted by Crippen LogP contribution is -2.53. The van der Waals surface area contributed by atoms with E-state index in [0.717, 1.165) is 0 Å². The van der Waals surface area contributed by atoms with Gasteiger partial charge in [0.25, 0.3) is 5.60 Å². The van der Waals surface area contributed by atoms with Crippen LogP contribution in [0.4, 0.5) is 0 Å². The van der Waals surface area contributed by atoms with Gasteiger partial charge in [-0.2, -0.15) is 0 Å². The fourth-order valence-corrected chi connectivity index (χ4v) is 2.59. The third kappa shape index (κ3) is 2.46. The van der Waals surface area contributed by atoms with Crippen molar-refractivity contribution in [2.45, 2.75) is 57.0 Å². The summed E-state index contributed by atoms with van der Waals surface area (Å²) in [7, 11) is -2.39. The Morgan fingerprint density at radius 1 is 1.67 bits per heavy atom.